The number of sulfonamides is 1. The van der Waals surface area contributed by atoms with Crippen LogP contribution < -0.4 is 10.5 Å². The fourth-order valence-corrected chi connectivity index (χ4v) is 6.95. The van der Waals surface area contributed by atoms with E-state index in [1.54, 1.807) is 12.1 Å². The molecule has 208 valence electrons. The largest absolute Gasteiger partial charge is 0.490 e. The second-order valence-corrected chi connectivity index (χ2v) is 12.0. The average molecular weight is 589 g/mol. The lowest BCUT2D eigenvalue weighted by Crippen LogP contribution is -2.51. The molecule has 0 aliphatic carbocycles. The van der Waals surface area contributed by atoms with E-state index in [0.29, 0.717) is 11.1 Å². The fourth-order valence-electron chi connectivity index (χ4n) is 3.77. The molecule has 1 aliphatic heterocycles. The third-order valence-corrected chi connectivity index (χ3v) is 9.05. The van der Waals surface area contributed by atoms with Gasteiger partial charge in [0.1, 0.15) is 4.90 Å². The second-order valence-electron chi connectivity index (χ2n) is 8.30. The molecule has 14 nitrogen and oxygen atoms in total. The number of fused-ring (bicyclic) bond motifs is 1. The van der Waals surface area contributed by atoms with Crippen molar-refractivity contribution < 1.29 is 39.9 Å². The molecule has 0 radical (unpaired) electrons. The first kappa shape index (κ1) is 28.1. The summed E-state index contributed by atoms with van der Waals surface area (Å²) in [6.07, 6.45) is -5.08. The monoisotopic (exact) mass is 588 g/mol. The zero-order valence-corrected chi connectivity index (χ0v) is 21.3. The number of nitrogens with two attached hydrogens (primary N) is 1. The van der Waals surface area contributed by atoms with Crippen molar-refractivity contribution in [3.8, 4) is 22.5 Å². The number of H-pyrrole nitrogens is 2. The van der Waals surface area contributed by atoms with E-state index < -0.39 is 42.2 Å². The number of carboxylic acid groups (broad SMARTS) is 1. The van der Waals surface area contributed by atoms with Gasteiger partial charge in [0.15, 0.2) is 9.84 Å². The van der Waals surface area contributed by atoms with Crippen LogP contribution in [0.5, 0.6) is 0 Å². The Morgan fingerprint density at radius 1 is 1.10 bits per heavy atom. The molecule has 39 heavy (non-hydrogen) atoms. The normalized spacial score (nSPS) is 14.5. The van der Waals surface area contributed by atoms with Crippen LogP contribution in [0.4, 0.5) is 13.2 Å². The number of primary sulfonamides is 1. The number of halogens is 3. The number of carbonyl (C=O) groups is 1. The van der Waals surface area contributed by atoms with Crippen molar-refractivity contribution in [1.82, 2.24) is 36.1 Å². The first-order valence-corrected chi connectivity index (χ1v) is 13.8. The van der Waals surface area contributed by atoms with Gasteiger partial charge in [-0.15, -0.1) is 10.2 Å². The molecule has 4 aromatic rings. The number of nitrogens with zero attached hydrogens (tertiary/aromatic N) is 4. The molecule has 0 saturated carbocycles. The van der Waals surface area contributed by atoms with Gasteiger partial charge in [-0.05, 0) is 41.5 Å². The van der Waals surface area contributed by atoms with E-state index >= 15 is 0 Å². The number of sulfone groups is 1. The van der Waals surface area contributed by atoms with Crippen molar-refractivity contribution in [2.75, 3.05) is 13.1 Å². The van der Waals surface area contributed by atoms with Gasteiger partial charge in [-0.25, -0.2) is 26.8 Å². The molecule has 0 unspecified atom stereocenters. The number of benzene rings is 2. The van der Waals surface area contributed by atoms with Crippen molar-refractivity contribution in [3.63, 3.8) is 0 Å². The summed E-state index contributed by atoms with van der Waals surface area (Å²) in [5.74, 6) is -2.84. The van der Waals surface area contributed by atoms with Crippen molar-refractivity contribution in [1.29, 1.82) is 0 Å². The molecule has 0 amide bonds. The molecule has 3 heterocycles. The van der Waals surface area contributed by atoms with Gasteiger partial charge < -0.3 is 10.4 Å². The molecule has 1 fully saturated rings. The number of nitrogens with one attached hydrogen (secondary N) is 3. The summed E-state index contributed by atoms with van der Waals surface area (Å²) >= 11 is 0. The Labute approximate surface area is 217 Å². The second kappa shape index (κ2) is 9.98. The maximum Gasteiger partial charge on any atom is 0.490 e. The lowest BCUT2D eigenvalue weighted by atomic mass is 9.97. The zero-order chi connectivity index (χ0) is 28.8. The smallest absolute Gasteiger partial charge is 0.475 e. The number of aromatic nitrogens is 6. The molecule has 0 bridgehead atoms. The predicted molar refractivity (Wildman–Crippen MR) is 128 cm³/mol. The molecule has 2 aromatic carbocycles. The Bertz CT molecular complexity index is 1770. The number of rotatable bonds is 5. The third-order valence-electron chi connectivity index (χ3n) is 5.76. The van der Waals surface area contributed by atoms with Crippen molar-refractivity contribution in [3.05, 3.63) is 36.0 Å². The third kappa shape index (κ3) is 5.46. The zero-order valence-electron chi connectivity index (χ0n) is 19.7. The Balaban J connectivity index is 0.000000448. The summed E-state index contributed by atoms with van der Waals surface area (Å²) in [4.78, 5) is 7.97. The predicted octanol–water partition coefficient (Wildman–Crippen LogP) is 0.745. The van der Waals surface area contributed by atoms with Crippen LogP contribution in [0.3, 0.4) is 0 Å². The van der Waals surface area contributed by atoms with Crippen LogP contribution in [0, 0.1) is 6.92 Å². The van der Waals surface area contributed by atoms with Gasteiger partial charge in [0, 0.05) is 24.2 Å². The maximum absolute atomic E-state index is 13.2. The first-order chi connectivity index (χ1) is 18.1. The summed E-state index contributed by atoms with van der Waals surface area (Å²) in [5.41, 5.74) is 2.53. The Hall–Kier alpha value is -3.94. The van der Waals surface area contributed by atoms with Crippen LogP contribution >= 0.6 is 0 Å². The Kier molecular flexibility index (Phi) is 7.19. The number of tetrazole rings is 1. The molecular formula is C20H19F3N8O6S2. The van der Waals surface area contributed by atoms with E-state index in [-0.39, 0.29) is 29.4 Å². The molecule has 0 atom stereocenters. The van der Waals surface area contributed by atoms with Gasteiger partial charge in [-0.1, -0.05) is 12.1 Å². The topological polar surface area (TPSA) is 227 Å². The van der Waals surface area contributed by atoms with Crippen molar-refractivity contribution in [2.45, 2.75) is 28.1 Å². The van der Waals surface area contributed by atoms with Crippen LogP contribution in [0.2, 0.25) is 0 Å². The van der Waals surface area contributed by atoms with Gasteiger partial charge in [0.05, 0.1) is 21.2 Å². The maximum atomic E-state index is 13.2. The highest BCUT2D eigenvalue weighted by atomic mass is 32.2. The molecular weight excluding hydrogens is 569 g/mol. The highest BCUT2D eigenvalue weighted by molar-refractivity contribution is 7.94. The van der Waals surface area contributed by atoms with E-state index in [2.05, 4.69) is 36.1 Å². The van der Waals surface area contributed by atoms with E-state index in [1.807, 2.05) is 13.0 Å². The van der Waals surface area contributed by atoms with E-state index in [0.717, 1.165) is 16.6 Å². The summed E-state index contributed by atoms with van der Waals surface area (Å²) < 4.78 is 83.6. The Morgan fingerprint density at radius 3 is 2.28 bits per heavy atom. The molecule has 19 heteroatoms. The first-order valence-electron chi connectivity index (χ1n) is 10.8. The van der Waals surface area contributed by atoms with Gasteiger partial charge in [0.25, 0.3) is 0 Å². The summed E-state index contributed by atoms with van der Waals surface area (Å²) in [6.45, 7) is 2.31. The number of aryl methyl sites for hydroxylation is 1. The fraction of sp³-hybridized carbons (Fsp3) is 0.250. The van der Waals surface area contributed by atoms with Crippen LogP contribution in [-0.4, -0.2) is 83.2 Å². The van der Waals surface area contributed by atoms with Crippen LogP contribution in [-0.2, 0) is 24.7 Å². The number of carboxylic acids is 1. The van der Waals surface area contributed by atoms with Crippen LogP contribution in [0.25, 0.3) is 33.4 Å². The minimum atomic E-state index is -5.08. The quantitative estimate of drug-likeness (QED) is 0.218. The number of alkyl halides is 3. The lowest BCUT2D eigenvalue weighted by Gasteiger charge is -2.28. The summed E-state index contributed by atoms with van der Waals surface area (Å²) in [7, 11) is -8.48. The summed E-state index contributed by atoms with van der Waals surface area (Å²) in [6, 6.07) is 8.16. The van der Waals surface area contributed by atoms with Gasteiger partial charge in [0.2, 0.25) is 15.8 Å². The highest BCUT2D eigenvalue weighted by Crippen LogP contribution is 2.40. The molecule has 5 rings (SSSR count). The van der Waals surface area contributed by atoms with Gasteiger partial charge >= 0.3 is 12.1 Å². The van der Waals surface area contributed by atoms with E-state index in [9.17, 15) is 30.0 Å². The number of hydrogen-bond donors (Lipinski definition) is 5. The van der Waals surface area contributed by atoms with Gasteiger partial charge in [-0.2, -0.15) is 23.5 Å². The van der Waals surface area contributed by atoms with E-state index in [4.69, 9.17) is 15.0 Å². The van der Waals surface area contributed by atoms with Crippen molar-refractivity contribution >= 4 is 36.7 Å². The molecule has 6 N–H and O–H groups in total. The minimum Gasteiger partial charge on any atom is -0.475 e. The number of aliphatic carboxylic acids is 1. The highest BCUT2D eigenvalue weighted by Gasteiger charge is 2.39. The molecule has 1 saturated heterocycles. The van der Waals surface area contributed by atoms with E-state index in [1.165, 1.54) is 12.1 Å². The van der Waals surface area contributed by atoms with Crippen LogP contribution in [0.15, 0.2) is 40.1 Å². The number of hydrogen-bond acceptors (Lipinski definition) is 10. The molecule has 2 aromatic heterocycles. The molecule has 1 aliphatic rings. The van der Waals surface area contributed by atoms with Crippen LogP contribution in [0.1, 0.15) is 5.69 Å². The number of aromatic amines is 2. The van der Waals surface area contributed by atoms with Crippen molar-refractivity contribution in [2.24, 2.45) is 5.14 Å². The average Bonchev–Trinajstić information content (AvgIpc) is 3.46. The Morgan fingerprint density at radius 2 is 1.77 bits per heavy atom. The molecule has 0 spiro atoms. The lowest BCUT2D eigenvalue weighted by molar-refractivity contribution is -0.192. The standard InChI is InChI=1S/C18H18N8O4S2.C2HF3O2/c1-9-13-6-10(2-4-14(13)22-21-9)12-3-5-15(31(27,28)11-7-20-8-11)17(32(19,29)30)16(12)18-23-25-26-24-18;3-2(4,5)1(6)7/h2-6,11,20H,7-8H2,1H3,(H,21,22)(H2,19,29,30)(H,23,24,25,26);(H,6,7). The SMILES string of the molecule is Cc1[nH]nc2ccc(-c3ccc(S(=O)(=O)C4CNC4)c(S(N)(=O)=O)c3-c3nn[nH]n3)cc12.O=C(O)C(F)(F)F. The van der Waals surface area contributed by atoms with Gasteiger partial charge in [-0.3, -0.25) is 5.10 Å². The minimum absolute atomic E-state index is 0.0323. The summed E-state index contributed by atoms with van der Waals surface area (Å²) in [5, 5.41) is 36.4.